The van der Waals surface area contributed by atoms with Crippen molar-refractivity contribution in [1.82, 2.24) is 0 Å². The fourth-order valence-electron chi connectivity index (χ4n) is 5.41. The molecule has 0 heterocycles. The van der Waals surface area contributed by atoms with Gasteiger partial charge in [-0.2, -0.15) is 0 Å². The van der Waals surface area contributed by atoms with Crippen LogP contribution in [-0.2, 0) is 13.6 Å². The monoisotopic (exact) mass is 587 g/mol. The minimum atomic E-state index is -1.31. The van der Waals surface area contributed by atoms with E-state index in [-0.39, 0.29) is 18.3 Å². The summed E-state index contributed by atoms with van der Waals surface area (Å²) in [7, 11) is -1.31. The Labute approximate surface area is 255 Å². The molecule has 3 atom stereocenters. The minimum absolute atomic E-state index is 0.278. The van der Waals surface area contributed by atoms with Crippen molar-refractivity contribution in [2.24, 2.45) is 0 Å². The Morgan fingerprint density at radius 2 is 0.525 bits per heavy atom. The van der Waals surface area contributed by atoms with Gasteiger partial charge in [0.25, 0.3) is 0 Å². The zero-order valence-corrected chi connectivity index (χ0v) is 29.4. The summed E-state index contributed by atoms with van der Waals surface area (Å²) in [4.78, 5) is 0. The van der Waals surface area contributed by atoms with Gasteiger partial charge in [-0.3, -0.25) is 0 Å². The molecule has 0 saturated carbocycles. The van der Waals surface area contributed by atoms with E-state index in [0.717, 1.165) is 38.5 Å². The maximum Gasteiger partial charge on any atom is 0.333 e. The lowest BCUT2D eigenvalue weighted by molar-refractivity contribution is 0.0471. The fourth-order valence-corrected chi connectivity index (χ4v) is 6.92. The SMILES string of the molecule is CCCCCCCC(CCCC)OP(OC(CCCC)CCCCCCC)OC(CCCC)CCCCCCC. The van der Waals surface area contributed by atoms with Crippen molar-refractivity contribution in [3.05, 3.63) is 0 Å². The molecule has 40 heavy (non-hydrogen) atoms. The van der Waals surface area contributed by atoms with E-state index in [2.05, 4.69) is 41.5 Å². The lowest BCUT2D eigenvalue weighted by atomic mass is 10.0. The third-order valence-electron chi connectivity index (χ3n) is 8.23. The molecule has 0 spiro atoms. The van der Waals surface area contributed by atoms with E-state index in [1.165, 1.54) is 135 Å². The normalized spacial score (nSPS) is 14.8. The van der Waals surface area contributed by atoms with Crippen LogP contribution in [0.5, 0.6) is 0 Å². The molecule has 0 saturated heterocycles. The van der Waals surface area contributed by atoms with Gasteiger partial charge in [0.05, 0.1) is 18.3 Å². The molecule has 3 unspecified atom stereocenters. The highest BCUT2D eigenvalue weighted by Gasteiger charge is 2.27. The molecule has 0 fully saturated rings. The summed E-state index contributed by atoms with van der Waals surface area (Å²) < 4.78 is 20.7. The highest BCUT2D eigenvalue weighted by molar-refractivity contribution is 7.41. The predicted molar refractivity (Wildman–Crippen MR) is 180 cm³/mol. The van der Waals surface area contributed by atoms with E-state index in [1.807, 2.05) is 0 Å². The second kappa shape index (κ2) is 32.2. The molecule has 0 aromatic rings. The van der Waals surface area contributed by atoms with Crippen LogP contribution in [0, 0.1) is 0 Å². The Bertz CT molecular complexity index is 408. The molecular formula is C36H75O3P. The van der Waals surface area contributed by atoms with Crippen LogP contribution < -0.4 is 0 Å². The molecule has 0 aromatic carbocycles. The molecule has 4 heteroatoms. The van der Waals surface area contributed by atoms with Crippen LogP contribution in [0.2, 0.25) is 0 Å². The van der Waals surface area contributed by atoms with Crippen LogP contribution in [0.1, 0.15) is 215 Å². The molecule has 0 amide bonds. The highest BCUT2D eigenvalue weighted by Crippen LogP contribution is 2.47. The van der Waals surface area contributed by atoms with Gasteiger partial charge in [-0.25, -0.2) is 0 Å². The average molecular weight is 587 g/mol. The molecule has 0 aliphatic carbocycles. The van der Waals surface area contributed by atoms with Crippen LogP contribution in [0.3, 0.4) is 0 Å². The first-order valence-corrected chi connectivity index (χ1v) is 19.5. The van der Waals surface area contributed by atoms with E-state index < -0.39 is 8.60 Å². The van der Waals surface area contributed by atoms with Crippen LogP contribution in [0.25, 0.3) is 0 Å². The smallest absolute Gasteiger partial charge is 0.309 e. The molecule has 0 aliphatic heterocycles. The third-order valence-corrected chi connectivity index (χ3v) is 9.64. The second-order valence-electron chi connectivity index (χ2n) is 12.4. The van der Waals surface area contributed by atoms with E-state index in [0.29, 0.717) is 0 Å². The Morgan fingerprint density at radius 1 is 0.300 bits per heavy atom. The van der Waals surface area contributed by atoms with Crippen LogP contribution in [0.15, 0.2) is 0 Å². The van der Waals surface area contributed by atoms with Crippen molar-refractivity contribution in [1.29, 1.82) is 0 Å². The first-order chi connectivity index (χ1) is 19.6. The standard InChI is InChI=1S/C36H75O3P/c1-7-13-19-22-25-31-34(28-16-10-4)37-40(38-35(29-17-11-5)32-26-23-20-14-8-2)39-36(30-18-12-6)33-27-24-21-15-9-3/h34-36H,7-33H2,1-6H3. The molecule has 0 aliphatic rings. The van der Waals surface area contributed by atoms with E-state index in [1.54, 1.807) is 0 Å². The Kier molecular flexibility index (Phi) is 32.5. The van der Waals surface area contributed by atoms with Gasteiger partial charge in [0.2, 0.25) is 0 Å². The van der Waals surface area contributed by atoms with Crippen molar-refractivity contribution in [3.63, 3.8) is 0 Å². The van der Waals surface area contributed by atoms with Gasteiger partial charge in [-0.1, -0.05) is 176 Å². The summed E-state index contributed by atoms with van der Waals surface area (Å²) in [5, 5.41) is 0. The summed E-state index contributed by atoms with van der Waals surface area (Å²) in [5.41, 5.74) is 0. The summed E-state index contributed by atoms with van der Waals surface area (Å²) >= 11 is 0. The maximum absolute atomic E-state index is 6.89. The topological polar surface area (TPSA) is 27.7 Å². The molecule has 0 rings (SSSR count). The lowest BCUT2D eigenvalue weighted by Gasteiger charge is -2.30. The highest BCUT2D eigenvalue weighted by atomic mass is 31.2. The molecule has 3 nitrogen and oxygen atoms in total. The molecule has 0 radical (unpaired) electrons. The molecule has 242 valence electrons. The molecule has 0 N–H and O–H groups in total. The van der Waals surface area contributed by atoms with Crippen LogP contribution >= 0.6 is 8.60 Å². The van der Waals surface area contributed by atoms with E-state index in [9.17, 15) is 0 Å². The van der Waals surface area contributed by atoms with Gasteiger partial charge in [0, 0.05) is 0 Å². The van der Waals surface area contributed by atoms with Crippen molar-refractivity contribution in [3.8, 4) is 0 Å². The largest absolute Gasteiger partial charge is 0.333 e. The lowest BCUT2D eigenvalue weighted by Crippen LogP contribution is -2.20. The van der Waals surface area contributed by atoms with Crippen molar-refractivity contribution < 1.29 is 13.6 Å². The van der Waals surface area contributed by atoms with Gasteiger partial charge in [-0.15, -0.1) is 0 Å². The van der Waals surface area contributed by atoms with Gasteiger partial charge < -0.3 is 13.6 Å². The molecule has 0 aromatic heterocycles. The average Bonchev–Trinajstić information content (AvgIpc) is 2.96. The van der Waals surface area contributed by atoms with E-state index in [4.69, 9.17) is 13.6 Å². The first kappa shape index (κ1) is 40.3. The summed E-state index contributed by atoms with van der Waals surface area (Å²) in [6, 6.07) is 0. The number of rotatable bonds is 33. The summed E-state index contributed by atoms with van der Waals surface area (Å²) in [5.74, 6) is 0. The molecule has 0 bridgehead atoms. The van der Waals surface area contributed by atoms with Gasteiger partial charge in [0.1, 0.15) is 0 Å². The fraction of sp³-hybridized carbons (Fsp3) is 1.00. The predicted octanol–water partition coefficient (Wildman–Crippen LogP) is 14.0. The maximum atomic E-state index is 6.89. The summed E-state index contributed by atoms with van der Waals surface area (Å²) in [6.45, 7) is 13.8. The van der Waals surface area contributed by atoms with Crippen molar-refractivity contribution >= 4 is 8.60 Å². The Morgan fingerprint density at radius 3 is 0.775 bits per heavy atom. The zero-order chi connectivity index (χ0) is 29.5. The van der Waals surface area contributed by atoms with Crippen molar-refractivity contribution in [2.75, 3.05) is 0 Å². The van der Waals surface area contributed by atoms with Gasteiger partial charge >= 0.3 is 8.60 Å². The Balaban J connectivity index is 5.46. The van der Waals surface area contributed by atoms with Crippen LogP contribution in [-0.4, -0.2) is 18.3 Å². The van der Waals surface area contributed by atoms with Crippen molar-refractivity contribution in [2.45, 2.75) is 233 Å². The zero-order valence-electron chi connectivity index (χ0n) is 28.5. The summed E-state index contributed by atoms with van der Waals surface area (Å²) in [6.07, 6.45) is 34.9. The minimum Gasteiger partial charge on any atom is -0.309 e. The first-order valence-electron chi connectivity index (χ1n) is 18.4. The van der Waals surface area contributed by atoms with Crippen LogP contribution in [0.4, 0.5) is 0 Å². The number of unbranched alkanes of at least 4 members (excludes halogenated alkanes) is 15. The Hall–Kier alpha value is 0.310. The number of hydrogen-bond donors (Lipinski definition) is 0. The third kappa shape index (κ3) is 26.0. The number of hydrogen-bond acceptors (Lipinski definition) is 3. The molecular weight excluding hydrogens is 511 g/mol. The quantitative estimate of drug-likeness (QED) is 0.0565. The second-order valence-corrected chi connectivity index (χ2v) is 13.5. The van der Waals surface area contributed by atoms with E-state index >= 15 is 0 Å². The van der Waals surface area contributed by atoms with Gasteiger partial charge in [-0.05, 0) is 38.5 Å². The van der Waals surface area contributed by atoms with Gasteiger partial charge in [0.15, 0.2) is 0 Å².